The summed E-state index contributed by atoms with van der Waals surface area (Å²) in [7, 11) is 1.69. The highest BCUT2D eigenvalue weighted by atomic mass is 16.7. The van der Waals surface area contributed by atoms with Gasteiger partial charge in [0.15, 0.2) is 0 Å². The standard InChI is InChI=1S/C16H20N6O2/c1-20-13-14(24-19-16(20)23)22(11-12-5-3-2-4-6-12)15(18-13)21-9-7-17-8-10-21/h2-6,17H,7-11H2,1H3,(H,19,23). The molecular weight excluding hydrogens is 308 g/mol. The Bertz CT molecular complexity index is 739. The van der Waals surface area contributed by atoms with E-state index in [0.717, 1.165) is 37.7 Å². The molecule has 0 saturated carbocycles. The molecule has 1 aromatic heterocycles. The third kappa shape index (κ3) is 2.54. The van der Waals surface area contributed by atoms with E-state index >= 15 is 0 Å². The number of amides is 2. The van der Waals surface area contributed by atoms with Gasteiger partial charge in [0.2, 0.25) is 11.8 Å². The van der Waals surface area contributed by atoms with Crippen LogP contribution < -0.4 is 25.4 Å². The van der Waals surface area contributed by atoms with E-state index in [1.54, 1.807) is 7.05 Å². The first-order valence-corrected chi connectivity index (χ1v) is 8.04. The van der Waals surface area contributed by atoms with E-state index < -0.39 is 0 Å². The number of benzene rings is 1. The van der Waals surface area contributed by atoms with Crippen LogP contribution in [0, 0.1) is 0 Å². The van der Waals surface area contributed by atoms with Crippen LogP contribution in [0.3, 0.4) is 0 Å². The minimum Gasteiger partial charge on any atom is -0.355 e. The number of hydrogen-bond acceptors (Lipinski definition) is 5. The van der Waals surface area contributed by atoms with E-state index in [4.69, 9.17) is 9.82 Å². The maximum absolute atomic E-state index is 11.8. The molecule has 2 aliphatic rings. The van der Waals surface area contributed by atoms with Crippen LogP contribution in [-0.4, -0.2) is 48.8 Å². The number of imidazole rings is 1. The highest BCUT2D eigenvalue weighted by Gasteiger charge is 2.32. The molecule has 1 aromatic carbocycles. The second-order valence-corrected chi connectivity index (χ2v) is 5.92. The summed E-state index contributed by atoms with van der Waals surface area (Å²) in [6, 6.07) is 9.83. The zero-order chi connectivity index (χ0) is 16.5. The largest absolute Gasteiger partial charge is 0.356 e. The van der Waals surface area contributed by atoms with Crippen molar-refractivity contribution in [2.45, 2.75) is 6.54 Å². The lowest BCUT2D eigenvalue weighted by molar-refractivity contribution is 0.168. The fourth-order valence-corrected chi connectivity index (χ4v) is 3.01. The van der Waals surface area contributed by atoms with Crippen molar-refractivity contribution in [3.05, 3.63) is 35.9 Å². The van der Waals surface area contributed by atoms with Crippen LogP contribution in [-0.2, 0) is 6.54 Å². The SMILES string of the molecule is CN1C(=O)NOc2c1nc(N1CCNCC1)n2Cc1ccccc1. The summed E-state index contributed by atoms with van der Waals surface area (Å²) in [4.78, 5) is 25.7. The molecule has 24 heavy (non-hydrogen) atoms. The molecule has 0 aliphatic carbocycles. The van der Waals surface area contributed by atoms with Gasteiger partial charge in [-0.2, -0.15) is 10.5 Å². The normalized spacial score (nSPS) is 17.3. The Morgan fingerprint density at radius 3 is 2.71 bits per heavy atom. The van der Waals surface area contributed by atoms with E-state index in [-0.39, 0.29) is 6.03 Å². The number of hydrogen-bond donors (Lipinski definition) is 2. The Balaban J connectivity index is 1.76. The quantitative estimate of drug-likeness (QED) is 0.871. The average Bonchev–Trinajstić information content (AvgIpc) is 2.99. The fraction of sp³-hybridized carbons (Fsp3) is 0.375. The van der Waals surface area contributed by atoms with E-state index in [1.165, 1.54) is 4.90 Å². The highest BCUT2D eigenvalue weighted by molar-refractivity contribution is 5.93. The second kappa shape index (κ2) is 6.04. The number of piperazine rings is 1. The first-order chi connectivity index (χ1) is 11.7. The monoisotopic (exact) mass is 328 g/mol. The number of urea groups is 1. The van der Waals surface area contributed by atoms with Crippen LogP contribution in [0.5, 0.6) is 5.88 Å². The molecule has 2 aliphatic heterocycles. The molecule has 3 heterocycles. The zero-order valence-corrected chi connectivity index (χ0v) is 13.5. The molecule has 2 aromatic rings. The summed E-state index contributed by atoms with van der Waals surface area (Å²) in [6.07, 6.45) is 0. The summed E-state index contributed by atoms with van der Waals surface area (Å²) in [5, 5.41) is 3.34. The summed E-state index contributed by atoms with van der Waals surface area (Å²) in [5.41, 5.74) is 3.58. The number of carbonyl (C=O) groups excluding carboxylic acids is 1. The smallest absolute Gasteiger partial charge is 0.355 e. The van der Waals surface area contributed by atoms with Gasteiger partial charge in [0.1, 0.15) is 0 Å². The van der Waals surface area contributed by atoms with Gasteiger partial charge in [0, 0.05) is 33.2 Å². The molecule has 0 spiro atoms. The first kappa shape index (κ1) is 14.8. The maximum Gasteiger partial charge on any atom is 0.356 e. The van der Waals surface area contributed by atoms with E-state index in [9.17, 15) is 4.79 Å². The summed E-state index contributed by atoms with van der Waals surface area (Å²) in [5.74, 6) is 1.94. The molecule has 2 amide bonds. The Morgan fingerprint density at radius 1 is 1.21 bits per heavy atom. The molecule has 0 bridgehead atoms. The van der Waals surface area contributed by atoms with Gasteiger partial charge in [-0.1, -0.05) is 30.3 Å². The number of anilines is 2. The number of nitrogens with one attached hydrogen (secondary N) is 2. The molecule has 126 valence electrons. The molecule has 0 atom stereocenters. The van der Waals surface area contributed by atoms with Gasteiger partial charge >= 0.3 is 6.03 Å². The van der Waals surface area contributed by atoms with Gasteiger partial charge in [-0.25, -0.2) is 4.79 Å². The zero-order valence-electron chi connectivity index (χ0n) is 13.5. The number of hydroxylamine groups is 1. The van der Waals surface area contributed by atoms with Crippen molar-refractivity contribution in [1.29, 1.82) is 0 Å². The average molecular weight is 328 g/mol. The van der Waals surface area contributed by atoms with E-state index in [2.05, 4.69) is 27.8 Å². The van der Waals surface area contributed by atoms with Gasteiger partial charge in [0.25, 0.3) is 5.88 Å². The minimum absolute atomic E-state index is 0.321. The number of aromatic nitrogens is 2. The van der Waals surface area contributed by atoms with Crippen molar-refractivity contribution >= 4 is 17.8 Å². The second-order valence-electron chi connectivity index (χ2n) is 5.92. The van der Waals surface area contributed by atoms with Gasteiger partial charge in [-0.05, 0) is 5.56 Å². The first-order valence-electron chi connectivity index (χ1n) is 8.04. The molecule has 2 N–H and O–H groups in total. The van der Waals surface area contributed by atoms with Crippen LogP contribution in [0.15, 0.2) is 30.3 Å². The van der Waals surface area contributed by atoms with Crippen molar-refractivity contribution in [3.8, 4) is 5.88 Å². The van der Waals surface area contributed by atoms with Crippen molar-refractivity contribution < 1.29 is 9.63 Å². The number of rotatable bonds is 3. The fourth-order valence-electron chi connectivity index (χ4n) is 3.01. The van der Waals surface area contributed by atoms with E-state index in [1.807, 2.05) is 22.8 Å². The number of carbonyl (C=O) groups is 1. The van der Waals surface area contributed by atoms with Gasteiger partial charge in [0.05, 0.1) is 6.54 Å². The molecule has 4 rings (SSSR count). The third-order valence-electron chi connectivity index (χ3n) is 4.32. The molecule has 0 radical (unpaired) electrons. The lowest BCUT2D eigenvalue weighted by Crippen LogP contribution is -2.44. The third-order valence-corrected chi connectivity index (χ3v) is 4.32. The Kier molecular flexibility index (Phi) is 3.73. The topological polar surface area (TPSA) is 74.7 Å². The van der Waals surface area contributed by atoms with Crippen molar-refractivity contribution in [1.82, 2.24) is 20.3 Å². The molecule has 8 heteroatoms. The van der Waals surface area contributed by atoms with Crippen LogP contribution in [0.4, 0.5) is 16.6 Å². The predicted molar refractivity (Wildman–Crippen MR) is 90.4 cm³/mol. The highest BCUT2D eigenvalue weighted by Crippen LogP contribution is 2.35. The molecule has 8 nitrogen and oxygen atoms in total. The van der Waals surface area contributed by atoms with Crippen LogP contribution in [0.2, 0.25) is 0 Å². The molecule has 1 fully saturated rings. The Hall–Kier alpha value is -2.74. The van der Waals surface area contributed by atoms with Crippen molar-refractivity contribution in [2.75, 3.05) is 43.0 Å². The van der Waals surface area contributed by atoms with Gasteiger partial charge in [-0.15, -0.1) is 0 Å². The van der Waals surface area contributed by atoms with Crippen molar-refractivity contribution in [2.24, 2.45) is 0 Å². The van der Waals surface area contributed by atoms with Gasteiger partial charge < -0.3 is 15.1 Å². The van der Waals surface area contributed by atoms with Gasteiger partial charge in [-0.3, -0.25) is 9.47 Å². The van der Waals surface area contributed by atoms with Crippen LogP contribution >= 0.6 is 0 Å². The summed E-state index contributed by atoms with van der Waals surface area (Å²) >= 11 is 0. The summed E-state index contributed by atoms with van der Waals surface area (Å²) in [6.45, 7) is 4.20. The Morgan fingerprint density at radius 2 is 1.96 bits per heavy atom. The van der Waals surface area contributed by atoms with Crippen LogP contribution in [0.25, 0.3) is 0 Å². The summed E-state index contributed by atoms with van der Waals surface area (Å²) < 4.78 is 2.02. The lowest BCUT2D eigenvalue weighted by atomic mass is 10.2. The number of nitrogens with zero attached hydrogens (tertiary/aromatic N) is 4. The van der Waals surface area contributed by atoms with Crippen LogP contribution in [0.1, 0.15) is 5.56 Å². The minimum atomic E-state index is -0.321. The van der Waals surface area contributed by atoms with Crippen molar-refractivity contribution in [3.63, 3.8) is 0 Å². The molecule has 1 saturated heterocycles. The maximum atomic E-state index is 11.8. The van der Waals surface area contributed by atoms with E-state index in [0.29, 0.717) is 18.2 Å². The molecule has 0 unspecified atom stereocenters. The lowest BCUT2D eigenvalue weighted by Gasteiger charge is -2.29. The number of fused-ring (bicyclic) bond motifs is 1. The predicted octanol–water partition coefficient (Wildman–Crippen LogP) is 0.794. The molecular formula is C16H20N6O2. The Labute approximate surface area is 140 Å².